The first-order chi connectivity index (χ1) is 13.5. The van der Waals surface area contributed by atoms with Gasteiger partial charge in [0, 0.05) is 22.5 Å². The van der Waals surface area contributed by atoms with Crippen molar-refractivity contribution in [2.24, 2.45) is 11.8 Å². The van der Waals surface area contributed by atoms with E-state index in [4.69, 9.17) is 5.73 Å². The Labute approximate surface area is 177 Å². The van der Waals surface area contributed by atoms with Gasteiger partial charge in [-0.1, -0.05) is 62.1 Å². The molecule has 29 heavy (non-hydrogen) atoms. The first-order valence-corrected chi connectivity index (χ1v) is 10.6. The maximum atomic E-state index is 6.09. The molecular formula is C27H38N2. The number of anilines is 1. The number of nitrogens with one attached hydrogen (secondary N) is 1. The van der Waals surface area contributed by atoms with Gasteiger partial charge in [0.25, 0.3) is 0 Å². The topological polar surface area (TPSA) is 38.0 Å². The zero-order valence-electron chi connectivity index (χ0n) is 18.9. The van der Waals surface area contributed by atoms with Crippen LogP contribution in [0.25, 0.3) is 5.70 Å². The Morgan fingerprint density at radius 1 is 1.03 bits per heavy atom. The van der Waals surface area contributed by atoms with Crippen molar-refractivity contribution in [1.82, 2.24) is 5.32 Å². The minimum Gasteiger partial charge on any atom is -0.399 e. The zero-order valence-corrected chi connectivity index (χ0v) is 18.9. The fourth-order valence-corrected chi connectivity index (χ4v) is 3.87. The molecule has 0 aliphatic carbocycles. The van der Waals surface area contributed by atoms with E-state index < -0.39 is 0 Å². The predicted octanol–water partition coefficient (Wildman–Crippen LogP) is 6.63. The lowest BCUT2D eigenvalue weighted by atomic mass is 9.83. The Bertz CT molecular complexity index is 827. The molecule has 0 saturated heterocycles. The molecule has 2 heteroatoms. The zero-order chi connectivity index (χ0) is 21.6. The van der Waals surface area contributed by atoms with Crippen LogP contribution in [0.15, 0.2) is 67.3 Å². The second kappa shape index (κ2) is 9.82. The highest BCUT2D eigenvalue weighted by Gasteiger charge is 2.18. The van der Waals surface area contributed by atoms with Crippen molar-refractivity contribution in [1.29, 1.82) is 0 Å². The summed E-state index contributed by atoms with van der Waals surface area (Å²) in [7, 11) is 0. The second-order valence-corrected chi connectivity index (χ2v) is 9.55. The number of hydrogen-bond donors (Lipinski definition) is 2. The van der Waals surface area contributed by atoms with E-state index in [1.165, 1.54) is 16.7 Å². The summed E-state index contributed by atoms with van der Waals surface area (Å²) in [6, 6.07) is 16.9. The molecule has 0 radical (unpaired) electrons. The number of nitrogen functional groups attached to an aromatic ring is 1. The molecular weight excluding hydrogens is 352 g/mol. The van der Waals surface area contributed by atoms with Gasteiger partial charge in [-0.2, -0.15) is 0 Å². The molecule has 2 aromatic rings. The normalized spacial score (nSPS) is 13.6. The van der Waals surface area contributed by atoms with Gasteiger partial charge >= 0.3 is 0 Å². The highest BCUT2D eigenvalue weighted by atomic mass is 15.0. The Balaban J connectivity index is 2.13. The molecule has 0 bridgehead atoms. The lowest BCUT2D eigenvalue weighted by Gasteiger charge is -2.26. The van der Waals surface area contributed by atoms with E-state index in [0.717, 1.165) is 36.2 Å². The fraction of sp³-hybridized carbons (Fsp3) is 0.407. The lowest BCUT2D eigenvalue weighted by Crippen LogP contribution is -2.34. The number of benzene rings is 2. The minimum absolute atomic E-state index is 0.0364. The van der Waals surface area contributed by atoms with Gasteiger partial charge in [0.2, 0.25) is 0 Å². The Hall–Kier alpha value is -2.48. The molecule has 0 aromatic heterocycles. The molecule has 3 N–H and O–H groups in total. The fourth-order valence-electron chi connectivity index (χ4n) is 3.87. The van der Waals surface area contributed by atoms with Gasteiger partial charge in [-0.3, -0.25) is 0 Å². The molecule has 0 heterocycles. The van der Waals surface area contributed by atoms with Gasteiger partial charge in [0.05, 0.1) is 0 Å². The van der Waals surface area contributed by atoms with E-state index in [1.807, 2.05) is 12.1 Å². The predicted molar refractivity (Wildman–Crippen MR) is 129 cm³/mol. The molecule has 0 fully saturated rings. The van der Waals surface area contributed by atoms with Gasteiger partial charge in [0.15, 0.2) is 0 Å². The summed E-state index contributed by atoms with van der Waals surface area (Å²) in [6.07, 6.45) is 3.17. The quantitative estimate of drug-likeness (QED) is 0.372. The average Bonchev–Trinajstić information content (AvgIpc) is 2.62. The molecule has 0 saturated carbocycles. The number of allylic oxidation sites excluding steroid dienone is 1. The third-order valence-corrected chi connectivity index (χ3v) is 5.26. The van der Waals surface area contributed by atoms with Crippen LogP contribution in [0.2, 0.25) is 0 Å². The van der Waals surface area contributed by atoms with Crippen LogP contribution in [0.5, 0.6) is 0 Å². The lowest BCUT2D eigenvalue weighted by molar-refractivity contribution is 0.427. The number of rotatable bonds is 9. The van der Waals surface area contributed by atoms with Crippen LogP contribution < -0.4 is 11.1 Å². The first kappa shape index (κ1) is 22.8. The third-order valence-electron chi connectivity index (χ3n) is 5.26. The summed E-state index contributed by atoms with van der Waals surface area (Å²) in [6.45, 7) is 19.5. The van der Waals surface area contributed by atoms with E-state index in [2.05, 4.69) is 89.5 Å². The van der Waals surface area contributed by atoms with Gasteiger partial charge in [-0.25, -0.2) is 0 Å². The maximum Gasteiger partial charge on any atom is 0.0348 e. The van der Waals surface area contributed by atoms with E-state index in [9.17, 15) is 0 Å². The monoisotopic (exact) mass is 390 g/mol. The largest absolute Gasteiger partial charge is 0.399 e. The van der Waals surface area contributed by atoms with Crippen LogP contribution in [0.4, 0.5) is 5.69 Å². The first-order valence-electron chi connectivity index (χ1n) is 10.6. The van der Waals surface area contributed by atoms with Gasteiger partial charge in [0.1, 0.15) is 0 Å². The Morgan fingerprint density at radius 2 is 1.69 bits per heavy atom. The highest BCUT2D eigenvalue weighted by molar-refractivity contribution is 5.68. The SMILES string of the molecule is C=C(NC(C)(C)C)c1cc(N)ccc1CC(C)CC(Cc1ccccc1)C(=C)C. The van der Waals surface area contributed by atoms with E-state index in [-0.39, 0.29) is 5.54 Å². The van der Waals surface area contributed by atoms with Crippen LogP contribution in [0, 0.1) is 11.8 Å². The third kappa shape index (κ3) is 7.45. The molecule has 2 unspecified atom stereocenters. The Kier molecular flexibility index (Phi) is 7.73. The van der Waals surface area contributed by atoms with Crippen molar-refractivity contribution in [3.8, 4) is 0 Å². The second-order valence-electron chi connectivity index (χ2n) is 9.55. The van der Waals surface area contributed by atoms with Crippen molar-refractivity contribution < 1.29 is 0 Å². The molecule has 0 amide bonds. The summed E-state index contributed by atoms with van der Waals surface area (Å²) in [5.41, 5.74) is 12.8. The minimum atomic E-state index is -0.0364. The maximum absolute atomic E-state index is 6.09. The average molecular weight is 391 g/mol. The molecule has 2 atom stereocenters. The summed E-state index contributed by atoms with van der Waals surface area (Å²) in [5.74, 6) is 1.02. The molecule has 2 rings (SSSR count). The van der Waals surface area contributed by atoms with Crippen LogP contribution in [0.1, 0.15) is 57.7 Å². The van der Waals surface area contributed by atoms with Crippen LogP contribution in [0.3, 0.4) is 0 Å². The van der Waals surface area contributed by atoms with E-state index in [1.54, 1.807) is 0 Å². The van der Waals surface area contributed by atoms with Crippen LogP contribution in [-0.2, 0) is 12.8 Å². The molecule has 0 aliphatic heterocycles. The van der Waals surface area contributed by atoms with E-state index >= 15 is 0 Å². The van der Waals surface area contributed by atoms with Crippen molar-refractivity contribution in [2.45, 2.75) is 59.4 Å². The van der Waals surface area contributed by atoms with Gasteiger partial charge < -0.3 is 11.1 Å². The number of hydrogen-bond acceptors (Lipinski definition) is 2. The van der Waals surface area contributed by atoms with Crippen LogP contribution >= 0.6 is 0 Å². The summed E-state index contributed by atoms with van der Waals surface area (Å²) >= 11 is 0. The molecule has 0 aliphatic rings. The van der Waals surface area contributed by atoms with Crippen LogP contribution in [-0.4, -0.2) is 5.54 Å². The summed E-state index contributed by atoms with van der Waals surface area (Å²) in [4.78, 5) is 0. The van der Waals surface area contributed by atoms with Crippen molar-refractivity contribution in [2.75, 3.05) is 5.73 Å². The molecule has 0 spiro atoms. The van der Waals surface area contributed by atoms with Crippen molar-refractivity contribution >= 4 is 11.4 Å². The Morgan fingerprint density at radius 3 is 2.28 bits per heavy atom. The van der Waals surface area contributed by atoms with E-state index in [0.29, 0.717) is 11.8 Å². The molecule has 156 valence electrons. The standard InChI is InChI=1S/C27H38N2/c1-19(2)24(17-22-11-9-8-10-12-22)16-20(3)15-23-13-14-25(28)18-26(23)21(4)29-27(5,6)7/h8-14,18,20,24,29H,1,4,15-17,28H2,2-3,5-7H3. The van der Waals surface area contributed by atoms with Gasteiger partial charge in [-0.15, -0.1) is 0 Å². The van der Waals surface area contributed by atoms with Crippen molar-refractivity contribution in [3.63, 3.8) is 0 Å². The summed E-state index contributed by atoms with van der Waals surface area (Å²) < 4.78 is 0. The van der Waals surface area contributed by atoms with Crippen molar-refractivity contribution in [3.05, 3.63) is 84.0 Å². The van der Waals surface area contributed by atoms with Gasteiger partial charge in [-0.05, 0) is 82.1 Å². The summed E-state index contributed by atoms with van der Waals surface area (Å²) in [5, 5.41) is 3.50. The smallest absolute Gasteiger partial charge is 0.0348 e. The molecule has 2 aromatic carbocycles. The highest BCUT2D eigenvalue weighted by Crippen LogP contribution is 2.29. The molecule has 2 nitrogen and oxygen atoms in total. The number of nitrogens with two attached hydrogens (primary N) is 1.